The van der Waals surface area contributed by atoms with Crippen LogP contribution in [-0.2, 0) is 16.1 Å². The highest BCUT2D eigenvalue weighted by Gasteiger charge is 2.36. The highest BCUT2D eigenvalue weighted by Crippen LogP contribution is 2.27. The SMILES string of the molecule is O=C(CC1C(=O)NN=C2c3ccccc3N=CN21)NCc1ccccc1. The fraction of sp³-hybridized carbons (Fsp3) is 0.158. The summed E-state index contributed by atoms with van der Waals surface area (Å²) in [6.07, 6.45) is 1.58. The van der Waals surface area contributed by atoms with Crippen LogP contribution in [0.2, 0.25) is 0 Å². The monoisotopic (exact) mass is 347 g/mol. The molecule has 130 valence electrons. The molecule has 1 unspecified atom stereocenters. The van der Waals surface area contributed by atoms with Crippen LogP contribution in [0.5, 0.6) is 0 Å². The van der Waals surface area contributed by atoms with Gasteiger partial charge in [0, 0.05) is 12.1 Å². The predicted octanol–water partition coefficient (Wildman–Crippen LogP) is 1.53. The lowest BCUT2D eigenvalue weighted by Gasteiger charge is -2.34. The third kappa shape index (κ3) is 3.06. The van der Waals surface area contributed by atoms with E-state index in [2.05, 4.69) is 20.8 Å². The summed E-state index contributed by atoms with van der Waals surface area (Å²) < 4.78 is 0. The number of carbonyl (C=O) groups excluding carboxylic acids is 2. The average Bonchev–Trinajstić information content (AvgIpc) is 2.69. The van der Waals surface area contributed by atoms with Gasteiger partial charge in [-0.1, -0.05) is 42.5 Å². The summed E-state index contributed by atoms with van der Waals surface area (Å²) in [6.45, 7) is 0.423. The van der Waals surface area contributed by atoms with E-state index in [0.29, 0.717) is 12.4 Å². The van der Waals surface area contributed by atoms with E-state index >= 15 is 0 Å². The number of hydrogen-bond acceptors (Lipinski definition) is 5. The summed E-state index contributed by atoms with van der Waals surface area (Å²) in [6, 6.07) is 16.5. The topological polar surface area (TPSA) is 86.2 Å². The number of nitrogens with one attached hydrogen (secondary N) is 2. The molecule has 2 aromatic rings. The average molecular weight is 347 g/mol. The van der Waals surface area contributed by atoms with Gasteiger partial charge < -0.3 is 10.2 Å². The van der Waals surface area contributed by atoms with Crippen LogP contribution < -0.4 is 10.7 Å². The van der Waals surface area contributed by atoms with E-state index in [0.717, 1.165) is 16.8 Å². The molecule has 0 saturated heterocycles. The first-order chi connectivity index (χ1) is 12.7. The Bertz CT molecular complexity index is 907. The number of rotatable bonds is 4. The minimum Gasteiger partial charge on any atom is -0.352 e. The standard InChI is InChI=1S/C19H17N5O2/c25-17(20-11-13-6-2-1-3-7-13)10-16-19(26)23-22-18-14-8-4-5-9-15(14)21-12-24(16)18/h1-9,12,16H,10-11H2,(H,20,25)(H,23,26). The maximum absolute atomic E-state index is 12.3. The van der Waals surface area contributed by atoms with E-state index in [1.54, 1.807) is 11.2 Å². The van der Waals surface area contributed by atoms with Gasteiger partial charge >= 0.3 is 0 Å². The maximum atomic E-state index is 12.3. The van der Waals surface area contributed by atoms with Gasteiger partial charge in [-0.05, 0) is 17.7 Å². The number of nitrogens with zero attached hydrogens (tertiary/aromatic N) is 3. The summed E-state index contributed by atoms with van der Waals surface area (Å²) >= 11 is 0. The summed E-state index contributed by atoms with van der Waals surface area (Å²) in [5.74, 6) is 0.0630. The molecule has 7 nitrogen and oxygen atoms in total. The minimum atomic E-state index is -0.685. The summed E-state index contributed by atoms with van der Waals surface area (Å²) in [5.41, 5.74) is 5.13. The minimum absolute atomic E-state index is 0.0197. The molecular formula is C19H17N5O2. The van der Waals surface area contributed by atoms with E-state index in [-0.39, 0.29) is 18.2 Å². The van der Waals surface area contributed by atoms with Gasteiger partial charge in [0.05, 0.1) is 18.4 Å². The number of hydrogen-bond donors (Lipinski definition) is 2. The highest BCUT2D eigenvalue weighted by molar-refractivity contribution is 6.14. The number of para-hydroxylation sites is 1. The number of amidine groups is 1. The van der Waals surface area contributed by atoms with Gasteiger partial charge in [0.15, 0.2) is 5.84 Å². The molecular weight excluding hydrogens is 330 g/mol. The van der Waals surface area contributed by atoms with E-state index in [1.807, 2.05) is 54.6 Å². The summed E-state index contributed by atoms with van der Waals surface area (Å²) in [5, 5.41) is 7.00. The molecule has 0 aliphatic carbocycles. The lowest BCUT2D eigenvalue weighted by molar-refractivity contribution is -0.130. The Balaban J connectivity index is 1.48. The number of carbonyl (C=O) groups is 2. The number of hydrazone groups is 1. The molecule has 26 heavy (non-hydrogen) atoms. The van der Waals surface area contributed by atoms with Crippen LogP contribution in [-0.4, -0.2) is 34.9 Å². The van der Waals surface area contributed by atoms with Crippen LogP contribution in [0, 0.1) is 0 Å². The Morgan fingerprint density at radius 3 is 2.73 bits per heavy atom. The molecule has 7 heteroatoms. The van der Waals surface area contributed by atoms with Crippen molar-refractivity contribution in [2.45, 2.75) is 19.0 Å². The molecule has 0 bridgehead atoms. The second-order valence-electron chi connectivity index (χ2n) is 6.06. The fourth-order valence-corrected chi connectivity index (χ4v) is 2.98. The second kappa shape index (κ2) is 6.79. The first-order valence-corrected chi connectivity index (χ1v) is 8.32. The zero-order chi connectivity index (χ0) is 17.9. The molecule has 4 rings (SSSR count). The largest absolute Gasteiger partial charge is 0.352 e. The third-order valence-corrected chi connectivity index (χ3v) is 4.33. The Hall–Kier alpha value is -3.48. The number of fused-ring (bicyclic) bond motifs is 3. The molecule has 2 amide bonds. The lowest BCUT2D eigenvalue weighted by Crippen LogP contribution is -2.55. The van der Waals surface area contributed by atoms with E-state index in [9.17, 15) is 9.59 Å². The van der Waals surface area contributed by atoms with Crippen molar-refractivity contribution in [1.82, 2.24) is 15.6 Å². The van der Waals surface area contributed by atoms with E-state index in [1.165, 1.54) is 0 Å². The summed E-state index contributed by atoms with van der Waals surface area (Å²) in [7, 11) is 0. The maximum Gasteiger partial charge on any atom is 0.263 e. The molecule has 1 atom stereocenters. The third-order valence-electron chi connectivity index (χ3n) is 4.33. The van der Waals surface area contributed by atoms with E-state index in [4.69, 9.17) is 0 Å². The Labute approximate surface area is 150 Å². The summed E-state index contributed by atoms with van der Waals surface area (Å²) in [4.78, 5) is 30.6. The van der Waals surface area contributed by atoms with Gasteiger partial charge in [-0.2, -0.15) is 5.10 Å². The molecule has 2 N–H and O–H groups in total. The van der Waals surface area contributed by atoms with Crippen LogP contribution in [0.1, 0.15) is 17.5 Å². The molecule has 0 radical (unpaired) electrons. The molecule has 0 fully saturated rings. The second-order valence-corrected chi connectivity index (χ2v) is 6.06. The number of benzene rings is 2. The Morgan fingerprint density at radius 2 is 1.88 bits per heavy atom. The van der Waals surface area contributed by atoms with Crippen LogP contribution >= 0.6 is 0 Å². The normalized spacial score (nSPS) is 17.7. The van der Waals surface area contributed by atoms with Crippen LogP contribution in [0.3, 0.4) is 0 Å². The van der Waals surface area contributed by atoms with Gasteiger partial charge in [0.25, 0.3) is 5.91 Å². The molecule has 0 saturated carbocycles. The van der Waals surface area contributed by atoms with Crippen molar-refractivity contribution in [2.24, 2.45) is 10.1 Å². The van der Waals surface area contributed by atoms with Gasteiger partial charge in [-0.25, -0.2) is 10.4 Å². The highest BCUT2D eigenvalue weighted by atomic mass is 16.2. The lowest BCUT2D eigenvalue weighted by atomic mass is 10.0. The van der Waals surface area contributed by atoms with Gasteiger partial charge in [0.2, 0.25) is 5.91 Å². The zero-order valence-corrected chi connectivity index (χ0v) is 13.9. The van der Waals surface area contributed by atoms with Crippen molar-refractivity contribution in [3.63, 3.8) is 0 Å². The first-order valence-electron chi connectivity index (χ1n) is 8.32. The Kier molecular flexibility index (Phi) is 4.18. The van der Waals surface area contributed by atoms with Gasteiger partial charge in [-0.15, -0.1) is 0 Å². The fourth-order valence-electron chi connectivity index (χ4n) is 2.98. The van der Waals surface area contributed by atoms with Crippen molar-refractivity contribution in [3.05, 3.63) is 65.7 Å². The van der Waals surface area contributed by atoms with Crippen LogP contribution in [0.15, 0.2) is 64.7 Å². The molecule has 0 aromatic heterocycles. The van der Waals surface area contributed by atoms with E-state index < -0.39 is 6.04 Å². The molecule has 2 aliphatic heterocycles. The smallest absolute Gasteiger partial charge is 0.263 e. The molecule has 0 spiro atoms. The first kappa shape index (κ1) is 16.0. The van der Waals surface area contributed by atoms with Crippen molar-refractivity contribution >= 4 is 29.7 Å². The molecule has 2 aliphatic rings. The zero-order valence-electron chi connectivity index (χ0n) is 13.9. The van der Waals surface area contributed by atoms with Crippen molar-refractivity contribution in [1.29, 1.82) is 0 Å². The van der Waals surface area contributed by atoms with Gasteiger partial charge in [-0.3, -0.25) is 9.59 Å². The predicted molar refractivity (Wildman–Crippen MR) is 97.8 cm³/mol. The molecule has 2 heterocycles. The van der Waals surface area contributed by atoms with Gasteiger partial charge in [0.1, 0.15) is 6.04 Å². The van der Waals surface area contributed by atoms with Crippen molar-refractivity contribution in [3.8, 4) is 0 Å². The van der Waals surface area contributed by atoms with Crippen LogP contribution in [0.25, 0.3) is 0 Å². The molecule has 2 aromatic carbocycles. The number of aliphatic imine (C=N–C) groups is 1. The van der Waals surface area contributed by atoms with Crippen LogP contribution in [0.4, 0.5) is 5.69 Å². The van der Waals surface area contributed by atoms with Crippen molar-refractivity contribution < 1.29 is 9.59 Å². The Morgan fingerprint density at radius 1 is 1.12 bits per heavy atom. The quantitative estimate of drug-likeness (QED) is 0.879. The number of amides is 2. The van der Waals surface area contributed by atoms with Crippen molar-refractivity contribution in [2.75, 3.05) is 0 Å².